The van der Waals surface area contributed by atoms with Crippen LogP contribution < -0.4 is 5.32 Å². The average molecular weight is 1310 g/mol. The van der Waals surface area contributed by atoms with Crippen LogP contribution in [0.15, 0.2) is 36.5 Å². The lowest BCUT2D eigenvalue weighted by Gasteiger charge is -2.48. The summed E-state index contributed by atoms with van der Waals surface area (Å²) in [5, 5.41) is 121. The molecule has 0 aromatic heterocycles. The van der Waals surface area contributed by atoms with E-state index in [1.807, 2.05) is 6.08 Å². The standard InChI is InChI=1S/C73H135NO18/c1-3-5-7-9-11-13-15-17-19-21-23-24-25-26-27-28-29-30-31-33-34-36-38-40-42-44-46-48-50-57(78)56(74-61(79)51-49-47-45-43-41-39-37-35-32-22-20-18-16-14-12-10-8-6-4-2)55-87-71-67(85)64(82)69(59(53-76)89-71)92-73-68(86)65(83)70(60(54-77)90-73)91-72-66(84)63(81)62(80)58(52-75)88-72/h18,20,40,42,48,50,56-60,62-73,75-78,80-86H,3-17,19,21-39,41,43-47,49,51-55H2,1-2H3,(H,74,79)/b20-18-,42-40+,50-48+. The van der Waals surface area contributed by atoms with E-state index in [1.165, 1.54) is 205 Å². The van der Waals surface area contributed by atoms with Gasteiger partial charge in [-0.1, -0.05) is 262 Å². The zero-order chi connectivity index (χ0) is 66.8. The Morgan fingerprint density at radius 1 is 0.380 bits per heavy atom. The van der Waals surface area contributed by atoms with Gasteiger partial charge in [0.2, 0.25) is 5.91 Å². The van der Waals surface area contributed by atoms with Gasteiger partial charge in [-0.15, -0.1) is 0 Å². The zero-order valence-corrected chi connectivity index (χ0v) is 57.3. The monoisotopic (exact) mass is 1310 g/mol. The molecule has 3 heterocycles. The number of nitrogens with one attached hydrogen (secondary N) is 1. The van der Waals surface area contributed by atoms with Gasteiger partial charge in [0.1, 0.15) is 73.2 Å². The molecule has 0 spiro atoms. The number of ether oxygens (including phenoxy) is 6. The minimum atomic E-state index is -1.98. The van der Waals surface area contributed by atoms with Crippen molar-refractivity contribution in [1.29, 1.82) is 0 Å². The third-order valence-electron chi connectivity index (χ3n) is 18.7. The molecule has 0 saturated carbocycles. The van der Waals surface area contributed by atoms with E-state index < -0.39 is 124 Å². The molecule has 19 nitrogen and oxygen atoms in total. The summed E-state index contributed by atoms with van der Waals surface area (Å²) < 4.78 is 34.4. The van der Waals surface area contributed by atoms with Crippen LogP contribution in [0, 0.1) is 0 Å². The second-order valence-electron chi connectivity index (χ2n) is 26.7. The maximum Gasteiger partial charge on any atom is 0.220 e. The third-order valence-corrected chi connectivity index (χ3v) is 18.7. The first-order valence-electron chi connectivity index (χ1n) is 37.2. The molecule has 3 aliphatic rings. The smallest absolute Gasteiger partial charge is 0.220 e. The molecule has 3 rings (SSSR count). The van der Waals surface area contributed by atoms with Gasteiger partial charge in [0.25, 0.3) is 0 Å². The summed E-state index contributed by atoms with van der Waals surface area (Å²) in [5.41, 5.74) is 0. The van der Waals surface area contributed by atoms with Crippen LogP contribution in [0.3, 0.4) is 0 Å². The number of rotatable bonds is 58. The number of hydrogen-bond donors (Lipinski definition) is 12. The maximum absolute atomic E-state index is 13.4. The summed E-state index contributed by atoms with van der Waals surface area (Å²) in [6.07, 6.45) is 38.4. The molecule has 92 heavy (non-hydrogen) atoms. The molecule has 12 N–H and O–H groups in total. The summed E-state index contributed by atoms with van der Waals surface area (Å²) in [4.78, 5) is 13.4. The Bertz CT molecular complexity index is 1810. The van der Waals surface area contributed by atoms with E-state index in [0.29, 0.717) is 12.8 Å². The van der Waals surface area contributed by atoms with Gasteiger partial charge in [0, 0.05) is 6.42 Å². The molecule has 0 aliphatic carbocycles. The molecule has 540 valence electrons. The molecule has 3 fully saturated rings. The van der Waals surface area contributed by atoms with Crippen molar-refractivity contribution in [1.82, 2.24) is 5.32 Å². The van der Waals surface area contributed by atoms with Crippen molar-refractivity contribution in [2.24, 2.45) is 0 Å². The van der Waals surface area contributed by atoms with E-state index in [0.717, 1.165) is 51.4 Å². The highest BCUT2D eigenvalue weighted by atomic mass is 16.8. The second-order valence-corrected chi connectivity index (χ2v) is 26.7. The molecule has 17 atom stereocenters. The van der Waals surface area contributed by atoms with Crippen LogP contribution in [0.2, 0.25) is 0 Å². The molecule has 0 aromatic carbocycles. The molecular weight excluding hydrogens is 1180 g/mol. The van der Waals surface area contributed by atoms with E-state index in [9.17, 15) is 61.0 Å². The van der Waals surface area contributed by atoms with Gasteiger partial charge in [0.15, 0.2) is 18.9 Å². The first-order valence-corrected chi connectivity index (χ1v) is 37.2. The molecule has 1 amide bonds. The number of allylic oxidation sites excluding steroid dienone is 5. The average Bonchev–Trinajstić information content (AvgIpc) is 0.855. The molecule has 0 aromatic rings. The number of amides is 1. The summed E-state index contributed by atoms with van der Waals surface area (Å²) in [6, 6.07) is -0.991. The van der Waals surface area contributed by atoms with Crippen molar-refractivity contribution >= 4 is 5.91 Å². The van der Waals surface area contributed by atoms with Crippen molar-refractivity contribution in [3.8, 4) is 0 Å². The highest BCUT2D eigenvalue weighted by molar-refractivity contribution is 5.76. The summed E-state index contributed by atoms with van der Waals surface area (Å²) in [7, 11) is 0. The van der Waals surface area contributed by atoms with Gasteiger partial charge in [-0.3, -0.25) is 4.79 Å². The SMILES string of the molecule is CCCCCCCC/C=C\CCCCCCCCCCCC(=O)NC(COC1OC(CO)C(OC2OC(CO)C(OC3OC(CO)C(O)C(O)C3O)C(O)C2O)C(O)C1O)C(O)/C=C/CC/C=C/CCCCCCCCCCCCCCCCCCCCCCCC. The van der Waals surface area contributed by atoms with E-state index in [-0.39, 0.29) is 18.9 Å². The van der Waals surface area contributed by atoms with Crippen LogP contribution >= 0.6 is 0 Å². The van der Waals surface area contributed by atoms with E-state index in [1.54, 1.807) is 6.08 Å². The Morgan fingerprint density at radius 3 is 1.09 bits per heavy atom. The summed E-state index contributed by atoms with van der Waals surface area (Å²) in [6.45, 7) is 1.74. The van der Waals surface area contributed by atoms with Crippen LogP contribution in [-0.4, -0.2) is 193 Å². The van der Waals surface area contributed by atoms with Crippen molar-refractivity contribution in [2.75, 3.05) is 26.4 Å². The van der Waals surface area contributed by atoms with Crippen LogP contribution in [0.4, 0.5) is 0 Å². The van der Waals surface area contributed by atoms with Gasteiger partial charge < -0.3 is 89.9 Å². The lowest BCUT2D eigenvalue weighted by molar-refractivity contribution is -0.379. The second kappa shape index (κ2) is 55.0. The fraction of sp³-hybridized carbons (Fsp3) is 0.904. The Kier molecular flexibility index (Phi) is 50.3. The van der Waals surface area contributed by atoms with E-state index in [4.69, 9.17) is 28.4 Å². The quantitative estimate of drug-likeness (QED) is 0.0199. The van der Waals surface area contributed by atoms with Gasteiger partial charge in [-0.05, 0) is 57.8 Å². The third kappa shape index (κ3) is 36.0. The van der Waals surface area contributed by atoms with Gasteiger partial charge in [0.05, 0.1) is 38.6 Å². The number of aliphatic hydroxyl groups is 11. The van der Waals surface area contributed by atoms with Crippen molar-refractivity contribution in [2.45, 2.75) is 394 Å². The summed E-state index contributed by atoms with van der Waals surface area (Å²) >= 11 is 0. The van der Waals surface area contributed by atoms with Gasteiger partial charge in [-0.25, -0.2) is 0 Å². The van der Waals surface area contributed by atoms with Crippen LogP contribution in [0.1, 0.15) is 290 Å². The van der Waals surface area contributed by atoms with Gasteiger partial charge in [-0.2, -0.15) is 0 Å². The number of unbranched alkanes of at least 4 members (excludes halogenated alkanes) is 38. The fourth-order valence-electron chi connectivity index (χ4n) is 12.6. The fourth-order valence-corrected chi connectivity index (χ4v) is 12.6. The van der Waals surface area contributed by atoms with Crippen LogP contribution in [0.5, 0.6) is 0 Å². The molecule has 3 saturated heterocycles. The van der Waals surface area contributed by atoms with Crippen LogP contribution in [-0.2, 0) is 33.2 Å². The van der Waals surface area contributed by atoms with Gasteiger partial charge >= 0.3 is 0 Å². The van der Waals surface area contributed by atoms with Crippen molar-refractivity contribution < 1.29 is 89.4 Å². The normalized spacial score (nSPS) is 27.9. The van der Waals surface area contributed by atoms with Crippen molar-refractivity contribution in [3.05, 3.63) is 36.5 Å². The number of carbonyl (C=O) groups excluding carboxylic acids is 1. The Morgan fingerprint density at radius 2 is 0.696 bits per heavy atom. The lowest BCUT2D eigenvalue weighted by atomic mass is 9.96. The minimum Gasteiger partial charge on any atom is -0.394 e. The molecule has 0 radical (unpaired) electrons. The zero-order valence-electron chi connectivity index (χ0n) is 57.3. The van der Waals surface area contributed by atoms with Crippen molar-refractivity contribution in [3.63, 3.8) is 0 Å². The lowest BCUT2D eigenvalue weighted by Crippen LogP contribution is -2.66. The first kappa shape index (κ1) is 84.2. The Balaban J connectivity index is 1.42. The Labute approximate surface area is 555 Å². The summed E-state index contributed by atoms with van der Waals surface area (Å²) in [5.74, 6) is -0.285. The predicted molar refractivity (Wildman–Crippen MR) is 360 cm³/mol. The number of hydrogen-bond acceptors (Lipinski definition) is 18. The Hall–Kier alpha value is -1.99. The molecule has 3 aliphatic heterocycles. The minimum absolute atomic E-state index is 0.234. The maximum atomic E-state index is 13.4. The molecular formula is C73H135NO18. The molecule has 0 bridgehead atoms. The largest absolute Gasteiger partial charge is 0.394 e. The topological polar surface area (TPSA) is 307 Å². The molecule has 19 heteroatoms. The van der Waals surface area contributed by atoms with E-state index >= 15 is 0 Å². The highest BCUT2D eigenvalue weighted by Crippen LogP contribution is 2.33. The number of carbonyl (C=O) groups is 1. The predicted octanol–water partition coefficient (Wildman–Crippen LogP) is 10.8. The first-order chi connectivity index (χ1) is 44.8. The highest BCUT2D eigenvalue weighted by Gasteiger charge is 2.53. The van der Waals surface area contributed by atoms with Crippen LogP contribution in [0.25, 0.3) is 0 Å². The van der Waals surface area contributed by atoms with E-state index in [2.05, 4.69) is 43.5 Å². The molecule has 17 unspecified atom stereocenters. The number of aliphatic hydroxyl groups excluding tert-OH is 11.